The van der Waals surface area contributed by atoms with Gasteiger partial charge >= 0.3 is 6.18 Å². The Kier molecular flexibility index (Phi) is 7.03. The first-order chi connectivity index (χ1) is 16.7. The lowest BCUT2D eigenvalue weighted by Gasteiger charge is -2.32. The third-order valence-corrected chi connectivity index (χ3v) is 5.56. The number of alkyl halides is 3. The van der Waals surface area contributed by atoms with Crippen molar-refractivity contribution in [3.63, 3.8) is 0 Å². The molecule has 1 aliphatic heterocycles. The van der Waals surface area contributed by atoms with E-state index in [1.165, 1.54) is 6.07 Å². The number of nitrogens with one attached hydrogen (secondary N) is 2. The van der Waals surface area contributed by atoms with Crippen molar-refractivity contribution in [3.8, 4) is 5.75 Å². The molecule has 186 valence electrons. The molecule has 3 heterocycles. The summed E-state index contributed by atoms with van der Waals surface area (Å²) in [5, 5.41) is 16.1. The van der Waals surface area contributed by atoms with Gasteiger partial charge in [0.05, 0.1) is 13.2 Å². The zero-order valence-corrected chi connectivity index (χ0v) is 18.9. The fourth-order valence-corrected chi connectivity index (χ4v) is 3.81. The van der Waals surface area contributed by atoms with E-state index in [0.717, 1.165) is 0 Å². The zero-order chi connectivity index (χ0) is 25.0. The Morgan fingerprint density at radius 1 is 1.09 bits per heavy atom. The van der Waals surface area contributed by atoms with E-state index in [0.29, 0.717) is 54.3 Å². The molecule has 13 heteroatoms. The van der Waals surface area contributed by atoms with Crippen molar-refractivity contribution >= 4 is 29.0 Å². The predicted octanol–water partition coefficient (Wildman–Crippen LogP) is 2.51. The third-order valence-electron chi connectivity index (χ3n) is 5.56. The van der Waals surface area contributed by atoms with Crippen LogP contribution in [0.25, 0.3) is 5.65 Å². The van der Waals surface area contributed by atoms with Crippen molar-refractivity contribution in [2.24, 2.45) is 5.92 Å². The second-order valence-electron chi connectivity index (χ2n) is 7.97. The lowest BCUT2D eigenvalue weighted by molar-refractivity contribution is -0.146. The van der Waals surface area contributed by atoms with Gasteiger partial charge in [-0.05, 0) is 56.2 Å². The fraction of sp³-hybridized carbons (Fsp3) is 0.409. The van der Waals surface area contributed by atoms with E-state index < -0.39 is 12.0 Å². The van der Waals surface area contributed by atoms with Crippen molar-refractivity contribution in [1.82, 2.24) is 25.1 Å². The summed E-state index contributed by atoms with van der Waals surface area (Å²) in [5.74, 6) is -1.06. The number of aromatic nitrogens is 4. The summed E-state index contributed by atoms with van der Waals surface area (Å²) in [5.41, 5.74) is 0.589. The maximum absolute atomic E-state index is 13.1. The number of ether oxygens (including phenoxy) is 1. The van der Waals surface area contributed by atoms with Gasteiger partial charge in [0, 0.05) is 24.7 Å². The number of rotatable bonds is 7. The number of fused-ring (bicyclic) bond motifs is 1. The van der Waals surface area contributed by atoms with Gasteiger partial charge in [-0.1, -0.05) is 0 Å². The molecule has 0 unspecified atom stereocenters. The molecule has 35 heavy (non-hydrogen) atoms. The van der Waals surface area contributed by atoms with Crippen LogP contribution in [-0.4, -0.2) is 57.9 Å². The van der Waals surface area contributed by atoms with E-state index in [-0.39, 0.29) is 29.9 Å². The average molecular weight is 491 g/mol. The van der Waals surface area contributed by atoms with Crippen LogP contribution in [0.4, 0.5) is 24.7 Å². The van der Waals surface area contributed by atoms with Gasteiger partial charge < -0.3 is 20.3 Å². The summed E-state index contributed by atoms with van der Waals surface area (Å²) in [6.07, 6.45) is -3.73. The molecule has 2 aromatic heterocycles. The van der Waals surface area contributed by atoms with E-state index in [9.17, 15) is 22.8 Å². The molecule has 0 atom stereocenters. The molecule has 10 nitrogen and oxygen atoms in total. The third kappa shape index (κ3) is 5.78. The van der Waals surface area contributed by atoms with Gasteiger partial charge in [0.2, 0.25) is 11.8 Å². The molecule has 2 amide bonds. The van der Waals surface area contributed by atoms with Crippen LogP contribution in [0.15, 0.2) is 36.4 Å². The average Bonchev–Trinajstić information content (AvgIpc) is 3.28. The lowest BCUT2D eigenvalue weighted by atomic mass is 9.96. The zero-order valence-electron chi connectivity index (χ0n) is 18.9. The minimum atomic E-state index is -4.67. The Morgan fingerprint density at radius 3 is 2.46 bits per heavy atom. The Hall–Kier alpha value is -3.90. The second kappa shape index (κ2) is 10.2. The summed E-state index contributed by atoms with van der Waals surface area (Å²) in [7, 11) is 0. The first-order valence-electron chi connectivity index (χ1n) is 11.1. The molecular weight excluding hydrogens is 467 g/mol. The Bertz CT molecular complexity index is 1190. The topological polar surface area (TPSA) is 114 Å². The van der Waals surface area contributed by atoms with Gasteiger partial charge in [0.15, 0.2) is 5.65 Å². The molecule has 0 aliphatic carbocycles. The van der Waals surface area contributed by atoms with Crippen LogP contribution in [0.2, 0.25) is 0 Å². The second-order valence-corrected chi connectivity index (χ2v) is 7.97. The predicted molar refractivity (Wildman–Crippen MR) is 120 cm³/mol. The summed E-state index contributed by atoms with van der Waals surface area (Å²) in [4.78, 5) is 26.5. The van der Waals surface area contributed by atoms with E-state index in [1.807, 2.05) is 11.8 Å². The molecule has 3 aromatic rings. The number of hydrogen-bond acceptors (Lipinski definition) is 7. The summed E-state index contributed by atoms with van der Waals surface area (Å²) in [6, 6.07) is 9.91. The number of piperidine rings is 1. The molecular formula is C22H24F3N7O3. The Balaban J connectivity index is 1.27. The highest BCUT2D eigenvalue weighted by atomic mass is 19.4. The van der Waals surface area contributed by atoms with Crippen molar-refractivity contribution in [3.05, 3.63) is 42.2 Å². The molecule has 0 bridgehead atoms. The van der Waals surface area contributed by atoms with Crippen LogP contribution in [0.1, 0.15) is 25.6 Å². The number of carbonyl (C=O) groups excluding carboxylic acids is 2. The lowest BCUT2D eigenvalue weighted by Crippen LogP contribution is -2.43. The van der Waals surface area contributed by atoms with Gasteiger partial charge in [-0.2, -0.15) is 17.7 Å². The van der Waals surface area contributed by atoms with Gasteiger partial charge in [-0.3, -0.25) is 9.59 Å². The van der Waals surface area contributed by atoms with Crippen LogP contribution >= 0.6 is 0 Å². The molecule has 0 radical (unpaired) electrons. The molecule has 0 spiro atoms. The van der Waals surface area contributed by atoms with E-state index in [1.54, 1.807) is 30.3 Å². The highest BCUT2D eigenvalue weighted by molar-refractivity contribution is 5.94. The monoisotopic (exact) mass is 491 g/mol. The van der Waals surface area contributed by atoms with Crippen molar-refractivity contribution in [1.29, 1.82) is 0 Å². The quantitative estimate of drug-likeness (QED) is 0.522. The number of carbonyl (C=O) groups is 2. The molecule has 4 rings (SSSR count). The summed E-state index contributed by atoms with van der Waals surface area (Å²) >= 11 is 0. The minimum Gasteiger partial charge on any atom is -0.494 e. The van der Waals surface area contributed by atoms with Crippen LogP contribution < -0.4 is 20.3 Å². The van der Waals surface area contributed by atoms with Gasteiger partial charge in [-0.15, -0.1) is 15.3 Å². The maximum atomic E-state index is 13.1. The molecule has 2 N–H and O–H groups in total. The Labute approximate surface area is 198 Å². The number of anilines is 2. The molecule has 0 saturated carbocycles. The van der Waals surface area contributed by atoms with E-state index >= 15 is 0 Å². The van der Waals surface area contributed by atoms with Gasteiger partial charge in [0.25, 0.3) is 5.82 Å². The van der Waals surface area contributed by atoms with Crippen LogP contribution in [0, 0.1) is 5.92 Å². The molecule has 1 aliphatic rings. The summed E-state index contributed by atoms with van der Waals surface area (Å²) in [6.45, 7) is 3.11. The first kappa shape index (κ1) is 24.2. The molecule has 1 aromatic carbocycles. The first-order valence-corrected chi connectivity index (χ1v) is 11.1. The van der Waals surface area contributed by atoms with Crippen molar-refractivity contribution in [2.45, 2.75) is 25.9 Å². The Morgan fingerprint density at radius 2 is 1.80 bits per heavy atom. The summed E-state index contributed by atoms with van der Waals surface area (Å²) < 4.78 is 45.3. The smallest absolute Gasteiger partial charge is 0.453 e. The number of hydrogen-bond donors (Lipinski definition) is 2. The van der Waals surface area contributed by atoms with Gasteiger partial charge in [0.1, 0.15) is 11.6 Å². The van der Waals surface area contributed by atoms with E-state index in [4.69, 9.17) is 4.74 Å². The fourth-order valence-electron chi connectivity index (χ4n) is 3.81. The number of amides is 2. The van der Waals surface area contributed by atoms with E-state index in [2.05, 4.69) is 25.9 Å². The number of benzene rings is 1. The molecule has 1 saturated heterocycles. The highest BCUT2D eigenvalue weighted by Crippen LogP contribution is 2.28. The number of nitrogens with zero attached hydrogens (tertiary/aromatic N) is 5. The maximum Gasteiger partial charge on any atom is 0.453 e. The van der Waals surface area contributed by atoms with Gasteiger partial charge in [-0.25, -0.2) is 0 Å². The SMILES string of the molecule is CCOc1ccc(NC(=O)CNC(=O)C2CCN(c3ccc4nnc(C(F)(F)F)n4n3)CC2)cc1. The van der Waals surface area contributed by atoms with Crippen LogP contribution in [-0.2, 0) is 15.8 Å². The minimum absolute atomic E-state index is 0.00106. The highest BCUT2D eigenvalue weighted by Gasteiger charge is 2.38. The number of halogens is 3. The molecule has 1 fully saturated rings. The standard InChI is InChI=1S/C22H24F3N7O3/c1-2-35-16-5-3-15(4-6-16)27-19(33)13-26-20(34)14-9-11-31(12-10-14)18-8-7-17-28-29-21(22(23,24)25)32(17)30-18/h3-8,14H,2,9-13H2,1H3,(H,26,34)(H,27,33). The van der Waals surface area contributed by atoms with Crippen LogP contribution in [0.3, 0.4) is 0 Å². The normalized spacial score (nSPS) is 14.7. The van der Waals surface area contributed by atoms with Crippen molar-refractivity contribution in [2.75, 3.05) is 36.5 Å². The largest absolute Gasteiger partial charge is 0.494 e. The van der Waals surface area contributed by atoms with Crippen molar-refractivity contribution < 1.29 is 27.5 Å². The van der Waals surface area contributed by atoms with Crippen LogP contribution in [0.5, 0.6) is 5.75 Å².